The standard InChI is InChI=1S/C20H24N2O4/c1-14-4-9-18(15(2)12-14)22-20(24)13-19(23)21-10-11-26-17-7-5-16(25-3)6-8-17/h4-9,12H,10-11,13H2,1-3H3,(H,21,23)(H,22,24). The van der Waals surface area contributed by atoms with E-state index in [2.05, 4.69) is 10.6 Å². The molecule has 0 aliphatic rings. The molecule has 26 heavy (non-hydrogen) atoms. The van der Waals surface area contributed by atoms with E-state index in [1.165, 1.54) is 0 Å². The molecule has 0 aromatic heterocycles. The first-order valence-electron chi connectivity index (χ1n) is 8.38. The van der Waals surface area contributed by atoms with Gasteiger partial charge in [0.15, 0.2) is 0 Å². The van der Waals surface area contributed by atoms with E-state index in [9.17, 15) is 9.59 Å². The molecule has 0 aliphatic heterocycles. The lowest BCUT2D eigenvalue weighted by atomic mass is 10.1. The van der Waals surface area contributed by atoms with E-state index in [1.807, 2.05) is 32.0 Å². The molecule has 0 aliphatic carbocycles. The highest BCUT2D eigenvalue weighted by atomic mass is 16.5. The van der Waals surface area contributed by atoms with Crippen LogP contribution in [0.25, 0.3) is 0 Å². The van der Waals surface area contributed by atoms with Crippen molar-refractivity contribution >= 4 is 17.5 Å². The van der Waals surface area contributed by atoms with Gasteiger partial charge in [-0.3, -0.25) is 9.59 Å². The summed E-state index contributed by atoms with van der Waals surface area (Å²) in [5.41, 5.74) is 2.80. The Balaban J connectivity index is 1.68. The van der Waals surface area contributed by atoms with Crippen LogP contribution in [0, 0.1) is 13.8 Å². The van der Waals surface area contributed by atoms with Crippen LogP contribution in [-0.2, 0) is 9.59 Å². The molecule has 0 bridgehead atoms. The SMILES string of the molecule is COc1ccc(OCCNC(=O)CC(=O)Nc2ccc(C)cc2C)cc1. The number of rotatable bonds is 8. The molecule has 0 atom stereocenters. The fourth-order valence-corrected chi connectivity index (χ4v) is 2.39. The van der Waals surface area contributed by atoms with E-state index in [4.69, 9.17) is 9.47 Å². The van der Waals surface area contributed by atoms with Gasteiger partial charge in [0, 0.05) is 5.69 Å². The number of amides is 2. The number of carbonyl (C=O) groups excluding carboxylic acids is 2. The van der Waals surface area contributed by atoms with Gasteiger partial charge < -0.3 is 20.1 Å². The van der Waals surface area contributed by atoms with Gasteiger partial charge in [0.2, 0.25) is 11.8 Å². The van der Waals surface area contributed by atoms with Crippen molar-refractivity contribution in [2.75, 3.05) is 25.6 Å². The molecule has 2 amide bonds. The van der Waals surface area contributed by atoms with Gasteiger partial charge in [0.05, 0.1) is 13.7 Å². The summed E-state index contributed by atoms with van der Waals surface area (Å²) in [6.45, 7) is 4.54. The van der Waals surface area contributed by atoms with E-state index < -0.39 is 0 Å². The van der Waals surface area contributed by atoms with Gasteiger partial charge in [-0.2, -0.15) is 0 Å². The quantitative estimate of drug-likeness (QED) is 0.563. The predicted octanol–water partition coefficient (Wildman–Crippen LogP) is 2.84. The third-order valence-electron chi connectivity index (χ3n) is 3.73. The van der Waals surface area contributed by atoms with Crippen LogP contribution in [0.4, 0.5) is 5.69 Å². The second kappa shape index (κ2) is 9.46. The largest absolute Gasteiger partial charge is 0.497 e. The summed E-state index contributed by atoms with van der Waals surface area (Å²) in [6, 6.07) is 12.9. The molecule has 0 saturated heterocycles. The van der Waals surface area contributed by atoms with Crippen molar-refractivity contribution in [2.24, 2.45) is 0 Å². The van der Waals surface area contributed by atoms with E-state index in [0.717, 1.165) is 22.6 Å². The Morgan fingerprint density at radius 3 is 2.31 bits per heavy atom. The van der Waals surface area contributed by atoms with Crippen LogP contribution in [-0.4, -0.2) is 32.1 Å². The summed E-state index contributed by atoms with van der Waals surface area (Å²) in [6.07, 6.45) is -0.226. The van der Waals surface area contributed by atoms with Gasteiger partial charge in [-0.15, -0.1) is 0 Å². The molecule has 2 rings (SSSR count). The summed E-state index contributed by atoms with van der Waals surface area (Å²) in [7, 11) is 1.60. The summed E-state index contributed by atoms with van der Waals surface area (Å²) in [5.74, 6) is 0.754. The normalized spacial score (nSPS) is 10.1. The Labute approximate surface area is 153 Å². The van der Waals surface area contributed by atoms with Crippen LogP contribution in [0.15, 0.2) is 42.5 Å². The number of benzene rings is 2. The minimum atomic E-state index is -0.342. The number of aryl methyl sites for hydroxylation is 2. The van der Waals surface area contributed by atoms with Crippen LogP contribution in [0.2, 0.25) is 0 Å². The van der Waals surface area contributed by atoms with Crippen molar-refractivity contribution in [3.05, 3.63) is 53.6 Å². The zero-order valence-electron chi connectivity index (χ0n) is 15.3. The van der Waals surface area contributed by atoms with Crippen LogP contribution < -0.4 is 20.1 Å². The third-order valence-corrected chi connectivity index (χ3v) is 3.73. The van der Waals surface area contributed by atoms with Crippen LogP contribution in [0.1, 0.15) is 17.5 Å². The molecule has 6 heteroatoms. The van der Waals surface area contributed by atoms with Crippen molar-refractivity contribution in [1.29, 1.82) is 0 Å². The zero-order valence-corrected chi connectivity index (χ0v) is 15.3. The van der Waals surface area contributed by atoms with Crippen molar-refractivity contribution in [3.63, 3.8) is 0 Å². The highest BCUT2D eigenvalue weighted by Crippen LogP contribution is 2.17. The van der Waals surface area contributed by atoms with Gasteiger partial charge in [0.1, 0.15) is 24.5 Å². The smallest absolute Gasteiger partial charge is 0.233 e. The number of hydrogen-bond donors (Lipinski definition) is 2. The van der Waals surface area contributed by atoms with E-state index in [-0.39, 0.29) is 18.2 Å². The first-order valence-corrected chi connectivity index (χ1v) is 8.38. The van der Waals surface area contributed by atoms with Gasteiger partial charge >= 0.3 is 0 Å². The average molecular weight is 356 g/mol. The third kappa shape index (κ3) is 6.12. The molecule has 2 N–H and O–H groups in total. The molecular formula is C20H24N2O4. The minimum Gasteiger partial charge on any atom is -0.497 e. The van der Waals surface area contributed by atoms with Crippen molar-refractivity contribution in [1.82, 2.24) is 5.32 Å². The van der Waals surface area contributed by atoms with Crippen molar-refractivity contribution in [3.8, 4) is 11.5 Å². The molecule has 0 fully saturated rings. The summed E-state index contributed by atoms with van der Waals surface area (Å²) in [5, 5.41) is 5.42. The summed E-state index contributed by atoms with van der Waals surface area (Å²) < 4.78 is 10.6. The monoisotopic (exact) mass is 356 g/mol. The molecule has 6 nitrogen and oxygen atoms in total. The lowest BCUT2D eigenvalue weighted by Crippen LogP contribution is -2.31. The number of hydrogen-bond acceptors (Lipinski definition) is 4. The molecule has 2 aromatic rings. The number of nitrogens with one attached hydrogen (secondary N) is 2. The zero-order chi connectivity index (χ0) is 18.9. The number of ether oxygens (including phenoxy) is 2. The Morgan fingerprint density at radius 1 is 0.962 bits per heavy atom. The molecule has 0 heterocycles. The molecule has 138 valence electrons. The maximum absolute atomic E-state index is 12.0. The lowest BCUT2D eigenvalue weighted by molar-refractivity contribution is -0.126. The fourth-order valence-electron chi connectivity index (χ4n) is 2.39. The summed E-state index contributed by atoms with van der Waals surface area (Å²) in [4.78, 5) is 23.8. The number of carbonyl (C=O) groups is 2. The highest BCUT2D eigenvalue weighted by molar-refractivity contribution is 6.03. The van der Waals surface area contributed by atoms with Crippen LogP contribution in [0.3, 0.4) is 0 Å². The molecule has 0 unspecified atom stereocenters. The van der Waals surface area contributed by atoms with Gasteiger partial charge in [-0.05, 0) is 49.7 Å². The topological polar surface area (TPSA) is 76.7 Å². The summed E-state index contributed by atoms with van der Waals surface area (Å²) >= 11 is 0. The molecule has 0 saturated carbocycles. The van der Waals surface area contributed by atoms with Crippen LogP contribution in [0.5, 0.6) is 11.5 Å². The van der Waals surface area contributed by atoms with Crippen molar-refractivity contribution < 1.29 is 19.1 Å². The first kappa shape index (κ1) is 19.3. The lowest BCUT2D eigenvalue weighted by Gasteiger charge is -2.10. The molecule has 0 spiro atoms. The first-order chi connectivity index (χ1) is 12.5. The number of methoxy groups -OCH3 is 1. The van der Waals surface area contributed by atoms with E-state index >= 15 is 0 Å². The molecule has 0 radical (unpaired) electrons. The average Bonchev–Trinajstić information content (AvgIpc) is 2.61. The van der Waals surface area contributed by atoms with Gasteiger partial charge in [0.25, 0.3) is 0 Å². The Bertz CT molecular complexity index is 757. The molecular weight excluding hydrogens is 332 g/mol. The Hall–Kier alpha value is -3.02. The van der Waals surface area contributed by atoms with Crippen LogP contribution >= 0.6 is 0 Å². The Morgan fingerprint density at radius 2 is 1.65 bits per heavy atom. The maximum Gasteiger partial charge on any atom is 0.233 e. The van der Waals surface area contributed by atoms with Crippen molar-refractivity contribution in [2.45, 2.75) is 20.3 Å². The maximum atomic E-state index is 12.0. The second-order valence-corrected chi connectivity index (χ2v) is 5.92. The Kier molecular flexibility index (Phi) is 7.02. The van der Waals surface area contributed by atoms with E-state index in [1.54, 1.807) is 31.4 Å². The van der Waals surface area contributed by atoms with Gasteiger partial charge in [-0.25, -0.2) is 0 Å². The predicted molar refractivity (Wildman–Crippen MR) is 101 cm³/mol. The molecule has 2 aromatic carbocycles. The second-order valence-electron chi connectivity index (χ2n) is 5.92. The fraction of sp³-hybridized carbons (Fsp3) is 0.300. The number of anilines is 1. The van der Waals surface area contributed by atoms with Gasteiger partial charge in [-0.1, -0.05) is 17.7 Å². The highest BCUT2D eigenvalue weighted by Gasteiger charge is 2.10. The van der Waals surface area contributed by atoms with E-state index in [0.29, 0.717) is 18.9 Å². The minimum absolute atomic E-state index is 0.226.